The van der Waals surface area contributed by atoms with E-state index in [1.54, 1.807) is 0 Å². The number of amides is 1. The third-order valence-electron chi connectivity index (χ3n) is 0.758. The highest BCUT2D eigenvalue weighted by Crippen LogP contribution is 2.11. The molecule has 0 aliphatic heterocycles. The summed E-state index contributed by atoms with van der Waals surface area (Å²) in [5.74, 6) is 0.106. The number of hydrogen-bond acceptors (Lipinski definition) is 1. The van der Waals surface area contributed by atoms with Gasteiger partial charge in [0, 0.05) is 6.42 Å². The van der Waals surface area contributed by atoms with E-state index in [1.165, 1.54) is 0 Å². The summed E-state index contributed by atoms with van der Waals surface area (Å²) in [6.07, 6.45) is 0.562. The number of nitrogens with one attached hydrogen (secondary N) is 1. The van der Waals surface area contributed by atoms with Crippen LogP contribution in [0.15, 0.2) is 0 Å². The van der Waals surface area contributed by atoms with E-state index in [9.17, 15) is 4.79 Å². The molecule has 0 fully saturated rings. The van der Waals surface area contributed by atoms with Crippen LogP contribution >= 0.6 is 22.6 Å². The number of alkyl halides is 1. The molecule has 1 N–H and O–H groups in total. The van der Waals surface area contributed by atoms with Gasteiger partial charge in [-0.05, 0) is 13.8 Å². The highest BCUT2D eigenvalue weighted by atomic mass is 127. The van der Waals surface area contributed by atoms with Gasteiger partial charge < -0.3 is 5.32 Å². The summed E-state index contributed by atoms with van der Waals surface area (Å²) in [6, 6.07) is 0. The monoisotopic (exact) mass is 241 g/mol. The van der Waals surface area contributed by atoms with Crippen LogP contribution in [0.2, 0.25) is 0 Å². The summed E-state index contributed by atoms with van der Waals surface area (Å²) >= 11 is 2.18. The summed E-state index contributed by atoms with van der Waals surface area (Å²) in [5.41, 5.74) is 0. The van der Waals surface area contributed by atoms with Crippen LogP contribution in [0.1, 0.15) is 27.2 Å². The Morgan fingerprint density at radius 2 is 2.11 bits per heavy atom. The molecule has 0 aromatic carbocycles. The van der Waals surface area contributed by atoms with Crippen molar-refractivity contribution < 1.29 is 4.79 Å². The van der Waals surface area contributed by atoms with Crippen molar-refractivity contribution in [1.82, 2.24) is 5.32 Å². The van der Waals surface area contributed by atoms with Crippen molar-refractivity contribution in [1.29, 1.82) is 0 Å². The smallest absolute Gasteiger partial charge is 0.220 e. The fourth-order valence-electron chi connectivity index (χ4n) is 0.420. The molecule has 54 valence electrons. The number of rotatable bonds is 2. The molecule has 0 aliphatic rings. The van der Waals surface area contributed by atoms with Gasteiger partial charge in [0.2, 0.25) is 5.91 Å². The van der Waals surface area contributed by atoms with E-state index >= 15 is 0 Å². The van der Waals surface area contributed by atoms with Crippen molar-refractivity contribution in [3.63, 3.8) is 0 Å². The van der Waals surface area contributed by atoms with Gasteiger partial charge in [-0.25, -0.2) is 0 Å². The first kappa shape index (κ1) is 9.20. The first-order chi connectivity index (χ1) is 3.95. The molecule has 0 aromatic rings. The molecule has 0 atom stereocenters. The van der Waals surface area contributed by atoms with Crippen LogP contribution in [0.3, 0.4) is 0 Å². The fraction of sp³-hybridized carbons (Fsp3) is 0.833. The van der Waals surface area contributed by atoms with Crippen molar-refractivity contribution in [2.75, 3.05) is 0 Å². The van der Waals surface area contributed by atoms with Crippen molar-refractivity contribution in [3.8, 4) is 0 Å². The quantitative estimate of drug-likeness (QED) is 0.445. The highest BCUT2D eigenvalue weighted by molar-refractivity contribution is 14.1. The van der Waals surface area contributed by atoms with E-state index in [0.29, 0.717) is 6.42 Å². The zero-order valence-corrected chi connectivity index (χ0v) is 8.15. The molecule has 0 unspecified atom stereocenters. The van der Waals surface area contributed by atoms with Crippen LogP contribution in [0.5, 0.6) is 0 Å². The first-order valence-electron chi connectivity index (χ1n) is 2.95. The standard InChI is InChI=1S/C6H12INO/c1-4-5(9)8-6(2,3)7/h4H2,1-3H3,(H,8,9). The van der Waals surface area contributed by atoms with Gasteiger partial charge in [-0.3, -0.25) is 4.79 Å². The summed E-state index contributed by atoms with van der Waals surface area (Å²) in [4.78, 5) is 10.7. The molecule has 0 saturated heterocycles. The predicted molar refractivity (Wildman–Crippen MR) is 46.5 cm³/mol. The molecular weight excluding hydrogens is 229 g/mol. The Balaban J connectivity index is 3.60. The predicted octanol–water partition coefficient (Wildman–Crippen LogP) is 1.68. The average molecular weight is 241 g/mol. The number of carbonyl (C=O) groups is 1. The summed E-state index contributed by atoms with van der Waals surface area (Å²) in [7, 11) is 0. The summed E-state index contributed by atoms with van der Waals surface area (Å²) < 4.78 is -0.106. The molecule has 9 heavy (non-hydrogen) atoms. The fourth-order valence-corrected chi connectivity index (χ4v) is 0.721. The molecule has 1 amide bonds. The first-order valence-corrected chi connectivity index (χ1v) is 4.03. The summed E-state index contributed by atoms with van der Waals surface area (Å²) in [5, 5.41) is 2.82. The average Bonchev–Trinajstić information content (AvgIpc) is 1.62. The third kappa shape index (κ3) is 6.08. The zero-order valence-electron chi connectivity index (χ0n) is 5.99. The minimum Gasteiger partial charge on any atom is -0.342 e. The van der Waals surface area contributed by atoms with Gasteiger partial charge in [0.25, 0.3) is 0 Å². The molecule has 0 heterocycles. The minimum absolute atomic E-state index is 0.106. The molecule has 0 rings (SSSR count). The van der Waals surface area contributed by atoms with E-state index in [1.807, 2.05) is 20.8 Å². The van der Waals surface area contributed by atoms with Gasteiger partial charge in [0.1, 0.15) is 0 Å². The highest BCUT2D eigenvalue weighted by Gasteiger charge is 2.13. The van der Waals surface area contributed by atoms with E-state index < -0.39 is 0 Å². The van der Waals surface area contributed by atoms with Crippen LogP contribution in [-0.4, -0.2) is 9.45 Å². The van der Waals surface area contributed by atoms with Crippen molar-refractivity contribution in [3.05, 3.63) is 0 Å². The Morgan fingerprint density at radius 3 is 2.22 bits per heavy atom. The molecule has 0 saturated carbocycles. The van der Waals surface area contributed by atoms with E-state index in [-0.39, 0.29) is 9.45 Å². The van der Waals surface area contributed by atoms with Gasteiger partial charge in [-0.15, -0.1) is 0 Å². The van der Waals surface area contributed by atoms with E-state index in [4.69, 9.17) is 0 Å². The molecule has 2 nitrogen and oxygen atoms in total. The Bertz CT molecular complexity index is 106. The lowest BCUT2D eigenvalue weighted by atomic mass is 10.3. The van der Waals surface area contributed by atoms with Gasteiger partial charge in [-0.2, -0.15) is 0 Å². The number of halogens is 1. The van der Waals surface area contributed by atoms with Crippen LogP contribution in [0, 0.1) is 0 Å². The molecular formula is C6H12INO. The SMILES string of the molecule is CCC(=O)NC(C)(C)I. The normalized spacial score (nSPS) is 11.1. The van der Waals surface area contributed by atoms with E-state index in [2.05, 4.69) is 27.9 Å². The summed E-state index contributed by atoms with van der Waals surface area (Å²) in [6.45, 7) is 5.76. The Hall–Kier alpha value is 0.200. The minimum atomic E-state index is -0.106. The second kappa shape index (κ2) is 3.39. The molecule has 3 heteroatoms. The maximum Gasteiger partial charge on any atom is 0.220 e. The second-order valence-electron chi connectivity index (χ2n) is 2.37. The van der Waals surface area contributed by atoms with Crippen molar-refractivity contribution in [2.24, 2.45) is 0 Å². The zero-order chi connectivity index (χ0) is 7.49. The molecule has 0 spiro atoms. The lowest BCUT2D eigenvalue weighted by Gasteiger charge is -2.17. The third-order valence-corrected chi connectivity index (χ3v) is 1.03. The van der Waals surface area contributed by atoms with Gasteiger partial charge in [0.15, 0.2) is 0 Å². The van der Waals surface area contributed by atoms with E-state index in [0.717, 1.165) is 0 Å². The van der Waals surface area contributed by atoms with Crippen molar-refractivity contribution >= 4 is 28.5 Å². The van der Waals surface area contributed by atoms with Gasteiger partial charge in [0.05, 0.1) is 3.55 Å². The Kier molecular flexibility index (Phi) is 3.46. The largest absolute Gasteiger partial charge is 0.342 e. The Morgan fingerprint density at radius 1 is 1.67 bits per heavy atom. The maximum atomic E-state index is 10.7. The maximum absolute atomic E-state index is 10.7. The molecule has 0 aliphatic carbocycles. The number of carbonyl (C=O) groups excluding carboxylic acids is 1. The molecule has 0 bridgehead atoms. The lowest BCUT2D eigenvalue weighted by molar-refractivity contribution is -0.121. The van der Waals surface area contributed by atoms with Crippen LogP contribution in [0.4, 0.5) is 0 Å². The molecule has 0 radical (unpaired) electrons. The number of hydrogen-bond donors (Lipinski definition) is 1. The lowest BCUT2D eigenvalue weighted by Crippen LogP contribution is -2.37. The second-order valence-corrected chi connectivity index (χ2v) is 5.07. The van der Waals surface area contributed by atoms with Gasteiger partial charge in [-0.1, -0.05) is 29.5 Å². The van der Waals surface area contributed by atoms with Crippen LogP contribution in [-0.2, 0) is 4.79 Å². The van der Waals surface area contributed by atoms with Crippen molar-refractivity contribution in [2.45, 2.75) is 30.7 Å². The van der Waals surface area contributed by atoms with Gasteiger partial charge >= 0.3 is 0 Å². The molecule has 0 aromatic heterocycles. The van der Waals surface area contributed by atoms with Crippen LogP contribution < -0.4 is 5.32 Å². The topological polar surface area (TPSA) is 29.1 Å². The Labute approximate surface area is 69.5 Å². The van der Waals surface area contributed by atoms with Crippen LogP contribution in [0.25, 0.3) is 0 Å².